The van der Waals surface area contributed by atoms with Crippen molar-refractivity contribution in [2.24, 2.45) is 0 Å². The maximum Gasteiger partial charge on any atom is 0.276 e. The Morgan fingerprint density at radius 2 is 2.24 bits per heavy atom. The van der Waals surface area contributed by atoms with Gasteiger partial charge < -0.3 is 14.6 Å². The molecule has 1 heterocycles. The number of anilines is 1. The van der Waals surface area contributed by atoms with Crippen LogP contribution in [0.2, 0.25) is 0 Å². The van der Waals surface area contributed by atoms with Gasteiger partial charge in [0.1, 0.15) is 11.5 Å². The van der Waals surface area contributed by atoms with E-state index < -0.39 is 10.8 Å². The number of hydrogen-bond acceptors (Lipinski definition) is 6. The highest BCUT2D eigenvalue weighted by atomic mass is 16.6. The lowest BCUT2D eigenvalue weighted by Gasteiger charge is -2.08. The molecule has 0 aliphatic rings. The minimum absolute atomic E-state index is 0.0555. The summed E-state index contributed by atoms with van der Waals surface area (Å²) in [6.45, 7) is 2.98. The van der Waals surface area contributed by atoms with Gasteiger partial charge in [0.25, 0.3) is 11.6 Å². The van der Waals surface area contributed by atoms with E-state index in [9.17, 15) is 14.9 Å². The average Bonchev–Trinajstić information content (AvgIpc) is 2.82. The number of rotatable bonds is 5. The van der Waals surface area contributed by atoms with Crippen molar-refractivity contribution in [2.45, 2.75) is 13.8 Å². The number of nitrogens with zero attached hydrogens (tertiary/aromatic N) is 2. The third kappa shape index (κ3) is 3.56. The van der Waals surface area contributed by atoms with E-state index in [2.05, 4.69) is 10.5 Å². The first-order valence-corrected chi connectivity index (χ1v) is 6.07. The molecule has 0 spiro atoms. The molecule has 1 aromatic carbocycles. The fourth-order valence-electron chi connectivity index (χ4n) is 1.70. The van der Waals surface area contributed by atoms with Gasteiger partial charge in [-0.2, -0.15) is 0 Å². The molecule has 21 heavy (non-hydrogen) atoms. The van der Waals surface area contributed by atoms with E-state index in [1.165, 1.54) is 12.1 Å². The molecule has 0 aliphatic carbocycles. The Kier molecular flexibility index (Phi) is 4.17. The number of aryl methyl sites for hydroxylation is 1. The van der Waals surface area contributed by atoms with Crippen LogP contribution in [0.5, 0.6) is 5.75 Å². The molecule has 0 unspecified atom stereocenters. The molecule has 0 atom stereocenters. The van der Waals surface area contributed by atoms with Crippen molar-refractivity contribution in [1.29, 1.82) is 0 Å². The molecular formula is C13H13N3O5. The number of nitro benzene ring substituents is 1. The van der Waals surface area contributed by atoms with Gasteiger partial charge in [-0.3, -0.25) is 14.9 Å². The first kappa shape index (κ1) is 14.5. The van der Waals surface area contributed by atoms with Crippen molar-refractivity contribution < 1.29 is 19.0 Å². The van der Waals surface area contributed by atoms with Crippen LogP contribution in [0.25, 0.3) is 0 Å². The van der Waals surface area contributed by atoms with Crippen LogP contribution < -0.4 is 10.1 Å². The van der Waals surface area contributed by atoms with Crippen LogP contribution in [0, 0.1) is 24.0 Å². The monoisotopic (exact) mass is 291 g/mol. The second-order valence-electron chi connectivity index (χ2n) is 4.32. The van der Waals surface area contributed by atoms with Gasteiger partial charge >= 0.3 is 0 Å². The number of amides is 1. The van der Waals surface area contributed by atoms with Crippen LogP contribution >= 0.6 is 0 Å². The predicted molar refractivity (Wildman–Crippen MR) is 73.2 cm³/mol. The predicted octanol–water partition coefficient (Wildman–Crippen LogP) is 2.22. The van der Waals surface area contributed by atoms with Crippen molar-refractivity contribution >= 4 is 17.4 Å². The molecule has 0 saturated heterocycles. The van der Waals surface area contributed by atoms with Crippen molar-refractivity contribution in [1.82, 2.24) is 5.16 Å². The van der Waals surface area contributed by atoms with Crippen LogP contribution in [-0.2, 0) is 4.79 Å². The molecule has 8 heteroatoms. The van der Waals surface area contributed by atoms with Gasteiger partial charge in [-0.05, 0) is 19.9 Å². The molecule has 2 aromatic rings. The molecule has 0 fully saturated rings. The first-order valence-electron chi connectivity index (χ1n) is 6.07. The standard InChI is InChI=1S/C13H13N3O5/c1-8-6-12(15-21-8)14-13(17)7-20-11-5-3-4-10(9(11)2)16(18)19/h3-6H,7H2,1-2H3,(H,14,15,17). The Morgan fingerprint density at radius 3 is 2.86 bits per heavy atom. The van der Waals surface area contributed by atoms with Crippen LogP contribution in [0.1, 0.15) is 11.3 Å². The zero-order chi connectivity index (χ0) is 15.4. The molecular weight excluding hydrogens is 278 g/mol. The van der Waals surface area contributed by atoms with Gasteiger partial charge in [-0.15, -0.1) is 0 Å². The fraction of sp³-hybridized carbons (Fsp3) is 0.231. The van der Waals surface area contributed by atoms with Crippen molar-refractivity contribution in [3.63, 3.8) is 0 Å². The molecule has 0 saturated carbocycles. The molecule has 8 nitrogen and oxygen atoms in total. The smallest absolute Gasteiger partial charge is 0.276 e. The lowest BCUT2D eigenvalue weighted by molar-refractivity contribution is -0.385. The Labute approximate surface area is 119 Å². The van der Waals surface area contributed by atoms with E-state index in [1.807, 2.05) is 0 Å². The average molecular weight is 291 g/mol. The van der Waals surface area contributed by atoms with Crippen LogP contribution in [-0.4, -0.2) is 22.6 Å². The highest BCUT2D eigenvalue weighted by Crippen LogP contribution is 2.26. The van der Waals surface area contributed by atoms with Crippen molar-refractivity contribution in [3.05, 3.63) is 45.7 Å². The second-order valence-corrected chi connectivity index (χ2v) is 4.32. The van der Waals surface area contributed by atoms with Crippen LogP contribution in [0.3, 0.4) is 0 Å². The maximum atomic E-state index is 11.7. The van der Waals surface area contributed by atoms with E-state index in [0.29, 0.717) is 11.3 Å². The van der Waals surface area contributed by atoms with Gasteiger partial charge in [0, 0.05) is 12.1 Å². The number of nitro groups is 1. The second kappa shape index (κ2) is 6.04. The Balaban J connectivity index is 1.98. The quantitative estimate of drug-likeness (QED) is 0.668. The first-order chi connectivity index (χ1) is 9.97. The summed E-state index contributed by atoms with van der Waals surface area (Å²) in [4.78, 5) is 22.0. The maximum absolute atomic E-state index is 11.7. The lowest BCUT2D eigenvalue weighted by Crippen LogP contribution is -2.20. The summed E-state index contributed by atoms with van der Waals surface area (Å²) >= 11 is 0. The third-order valence-electron chi connectivity index (χ3n) is 2.71. The molecule has 1 amide bonds. The van der Waals surface area contributed by atoms with Gasteiger partial charge in [-0.25, -0.2) is 0 Å². The third-order valence-corrected chi connectivity index (χ3v) is 2.71. The number of ether oxygens (including phenoxy) is 1. The summed E-state index contributed by atoms with van der Waals surface area (Å²) in [5.74, 6) is 0.711. The highest BCUT2D eigenvalue weighted by Gasteiger charge is 2.15. The van der Waals surface area contributed by atoms with Gasteiger partial charge in [0.15, 0.2) is 12.4 Å². The van der Waals surface area contributed by atoms with Crippen LogP contribution in [0.4, 0.5) is 11.5 Å². The molecule has 0 aliphatic heterocycles. The topological polar surface area (TPSA) is 108 Å². The number of carbonyl (C=O) groups excluding carboxylic acids is 1. The summed E-state index contributed by atoms with van der Waals surface area (Å²) in [5.41, 5.74) is 0.313. The minimum Gasteiger partial charge on any atom is -0.483 e. The van der Waals surface area contributed by atoms with Crippen LogP contribution in [0.15, 0.2) is 28.8 Å². The van der Waals surface area contributed by atoms with E-state index >= 15 is 0 Å². The normalized spacial score (nSPS) is 10.2. The van der Waals surface area contributed by atoms with E-state index in [0.717, 1.165) is 0 Å². The van der Waals surface area contributed by atoms with Gasteiger partial charge in [0.2, 0.25) is 0 Å². The Morgan fingerprint density at radius 1 is 1.48 bits per heavy atom. The summed E-state index contributed by atoms with van der Waals surface area (Å²) in [6.07, 6.45) is 0. The number of aromatic nitrogens is 1. The lowest BCUT2D eigenvalue weighted by atomic mass is 10.2. The number of benzene rings is 1. The summed E-state index contributed by atoms with van der Waals surface area (Å²) in [7, 11) is 0. The molecule has 1 aromatic heterocycles. The Hall–Kier alpha value is -2.90. The minimum atomic E-state index is -0.500. The summed E-state index contributed by atoms with van der Waals surface area (Å²) in [5, 5.41) is 16.9. The summed E-state index contributed by atoms with van der Waals surface area (Å²) in [6, 6.07) is 6.01. The number of nitrogens with one attached hydrogen (secondary N) is 1. The van der Waals surface area contributed by atoms with Crippen molar-refractivity contribution in [2.75, 3.05) is 11.9 Å². The SMILES string of the molecule is Cc1cc(NC(=O)COc2cccc([N+](=O)[O-])c2C)no1. The van der Waals surface area contributed by atoms with E-state index in [-0.39, 0.29) is 23.9 Å². The van der Waals surface area contributed by atoms with E-state index in [4.69, 9.17) is 9.26 Å². The highest BCUT2D eigenvalue weighted by molar-refractivity contribution is 5.90. The largest absolute Gasteiger partial charge is 0.483 e. The molecule has 110 valence electrons. The van der Waals surface area contributed by atoms with E-state index in [1.54, 1.807) is 26.0 Å². The molecule has 0 bridgehead atoms. The number of hydrogen-bond donors (Lipinski definition) is 1. The van der Waals surface area contributed by atoms with Crippen molar-refractivity contribution in [3.8, 4) is 5.75 Å². The molecule has 2 rings (SSSR count). The molecule has 1 N–H and O–H groups in total. The molecule has 0 radical (unpaired) electrons. The zero-order valence-electron chi connectivity index (χ0n) is 11.5. The zero-order valence-corrected chi connectivity index (χ0v) is 11.5. The number of carbonyl (C=O) groups is 1. The summed E-state index contributed by atoms with van der Waals surface area (Å²) < 4.78 is 10.1. The van der Waals surface area contributed by atoms with Gasteiger partial charge in [-0.1, -0.05) is 11.2 Å². The van der Waals surface area contributed by atoms with Gasteiger partial charge in [0.05, 0.1) is 10.5 Å². The fourth-order valence-corrected chi connectivity index (χ4v) is 1.70. The Bertz CT molecular complexity index is 680.